The van der Waals surface area contributed by atoms with Gasteiger partial charge in [0.1, 0.15) is 11.0 Å². The summed E-state index contributed by atoms with van der Waals surface area (Å²) in [7, 11) is -3.71. The lowest BCUT2D eigenvalue weighted by Gasteiger charge is -2.18. The largest absolute Gasteiger partial charge is 0.472 e. The van der Waals surface area contributed by atoms with Crippen LogP contribution in [0.5, 0.6) is 5.88 Å². The van der Waals surface area contributed by atoms with Gasteiger partial charge >= 0.3 is 0 Å². The van der Waals surface area contributed by atoms with Gasteiger partial charge in [-0.2, -0.15) is 4.31 Å². The number of benzene rings is 1. The molecule has 9 heteroatoms. The zero-order valence-corrected chi connectivity index (χ0v) is 15.1. The maximum absolute atomic E-state index is 12.8. The summed E-state index contributed by atoms with van der Waals surface area (Å²) >= 11 is 12.1. The van der Waals surface area contributed by atoms with Crippen LogP contribution in [0.15, 0.2) is 35.6 Å². The van der Waals surface area contributed by atoms with E-state index in [1.807, 2.05) is 0 Å². The molecule has 1 saturated heterocycles. The van der Waals surface area contributed by atoms with E-state index in [0.29, 0.717) is 29.4 Å². The van der Waals surface area contributed by atoms with Crippen molar-refractivity contribution in [3.63, 3.8) is 0 Å². The molecule has 0 aliphatic carbocycles. The number of hydrogen-bond donors (Lipinski definition) is 0. The predicted molar refractivity (Wildman–Crippen MR) is 91.0 cm³/mol. The number of sulfonamides is 1. The molecule has 128 valence electrons. The van der Waals surface area contributed by atoms with Crippen molar-refractivity contribution in [2.75, 3.05) is 13.1 Å². The Kier molecular flexibility index (Phi) is 4.96. The van der Waals surface area contributed by atoms with Crippen LogP contribution in [-0.2, 0) is 10.0 Å². The summed E-state index contributed by atoms with van der Waals surface area (Å²) in [6, 6.07) is 2.95. The SMILES string of the molecule is Cc1cc(S(=O)(=O)N2CCC(Oc3cnccn3)C2)c(Cl)cc1Cl. The maximum atomic E-state index is 12.8. The van der Waals surface area contributed by atoms with Crippen LogP contribution >= 0.6 is 23.2 Å². The Morgan fingerprint density at radius 2 is 2.04 bits per heavy atom. The topological polar surface area (TPSA) is 72.4 Å². The molecule has 2 aromatic rings. The van der Waals surface area contributed by atoms with Gasteiger partial charge in [-0.05, 0) is 31.0 Å². The van der Waals surface area contributed by atoms with Crippen molar-refractivity contribution in [2.45, 2.75) is 24.3 Å². The van der Waals surface area contributed by atoms with E-state index in [1.54, 1.807) is 13.1 Å². The summed E-state index contributed by atoms with van der Waals surface area (Å²) < 4.78 is 32.7. The van der Waals surface area contributed by atoms with Gasteiger partial charge in [-0.25, -0.2) is 13.4 Å². The molecule has 0 spiro atoms. The van der Waals surface area contributed by atoms with Crippen LogP contribution in [0.3, 0.4) is 0 Å². The molecule has 1 atom stereocenters. The number of nitrogens with zero attached hydrogens (tertiary/aromatic N) is 3. The van der Waals surface area contributed by atoms with Crippen LogP contribution in [0.4, 0.5) is 0 Å². The van der Waals surface area contributed by atoms with Crippen LogP contribution in [0.25, 0.3) is 0 Å². The van der Waals surface area contributed by atoms with Gasteiger partial charge in [-0.1, -0.05) is 23.2 Å². The van der Waals surface area contributed by atoms with Gasteiger partial charge in [0.15, 0.2) is 0 Å². The molecule has 24 heavy (non-hydrogen) atoms. The highest BCUT2D eigenvalue weighted by Crippen LogP contribution is 2.32. The average molecular weight is 388 g/mol. The molecule has 1 aromatic carbocycles. The molecule has 1 aromatic heterocycles. The lowest BCUT2D eigenvalue weighted by molar-refractivity contribution is 0.206. The first-order valence-corrected chi connectivity index (χ1v) is 9.46. The van der Waals surface area contributed by atoms with Crippen molar-refractivity contribution in [3.05, 3.63) is 46.3 Å². The highest BCUT2D eigenvalue weighted by Gasteiger charge is 2.35. The van der Waals surface area contributed by atoms with E-state index in [1.165, 1.54) is 28.8 Å². The van der Waals surface area contributed by atoms with E-state index in [0.717, 1.165) is 0 Å². The van der Waals surface area contributed by atoms with Gasteiger partial charge in [0.25, 0.3) is 0 Å². The van der Waals surface area contributed by atoms with E-state index < -0.39 is 10.0 Å². The standard InChI is InChI=1S/C15H15Cl2N3O3S/c1-10-6-14(13(17)7-12(10)16)24(21,22)20-5-2-11(9-20)23-15-8-18-3-4-19-15/h3-4,6-8,11H,2,5,9H2,1H3. The van der Waals surface area contributed by atoms with Crippen molar-refractivity contribution in [1.82, 2.24) is 14.3 Å². The molecule has 1 aliphatic heterocycles. The minimum Gasteiger partial charge on any atom is -0.472 e. The summed E-state index contributed by atoms with van der Waals surface area (Å²) in [5, 5.41) is 0.549. The Morgan fingerprint density at radius 1 is 1.25 bits per heavy atom. The lowest BCUT2D eigenvalue weighted by atomic mass is 10.2. The molecule has 6 nitrogen and oxygen atoms in total. The monoisotopic (exact) mass is 387 g/mol. The third-order valence-electron chi connectivity index (χ3n) is 3.77. The Labute approximate surface area is 150 Å². The van der Waals surface area contributed by atoms with Gasteiger partial charge in [0.2, 0.25) is 15.9 Å². The van der Waals surface area contributed by atoms with Crippen molar-refractivity contribution in [1.29, 1.82) is 0 Å². The highest BCUT2D eigenvalue weighted by atomic mass is 35.5. The number of ether oxygens (including phenoxy) is 1. The highest BCUT2D eigenvalue weighted by molar-refractivity contribution is 7.89. The van der Waals surface area contributed by atoms with E-state index in [9.17, 15) is 8.42 Å². The molecular weight excluding hydrogens is 373 g/mol. The molecule has 0 bridgehead atoms. The van der Waals surface area contributed by atoms with Crippen molar-refractivity contribution >= 4 is 33.2 Å². The second-order valence-electron chi connectivity index (χ2n) is 5.47. The number of rotatable bonds is 4. The minimum absolute atomic E-state index is 0.0613. The summed E-state index contributed by atoms with van der Waals surface area (Å²) in [5.41, 5.74) is 0.659. The summed E-state index contributed by atoms with van der Waals surface area (Å²) in [4.78, 5) is 8.02. The first-order valence-electron chi connectivity index (χ1n) is 7.26. The molecule has 0 radical (unpaired) electrons. The molecule has 3 rings (SSSR count). The molecular formula is C15H15Cl2N3O3S. The summed E-state index contributed by atoms with van der Waals surface area (Å²) in [5.74, 6) is 0.377. The van der Waals surface area contributed by atoms with Crippen LogP contribution in [-0.4, -0.2) is 41.9 Å². The fourth-order valence-corrected chi connectivity index (χ4v) is 4.79. The van der Waals surface area contributed by atoms with Gasteiger partial charge in [0, 0.05) is 24.0 Å². The van der Waals surface area contributed by atoms with Crippen molar-refractivity contribution < 1.29 is 13.2 Å². The summed E-state index contributed by atoms with van der Waals surface area (Å²) in [6.45, 7) is 2.32. The Balaban J connectivity index is 1.78. The smallest absolute Gasteiger partial charge is 0.244 e. The lowest BCUT2D eigenvalue weighted by Crippen LogP contribution is -2.31. The van der Waals surface area contributed by atoms with Gasteiger partial charge in [0.05, 0.1) is 17.8 Å². The molecule has 1 aliphatic rings. The van der Waals surface area contributed by atoms with E-state index >= 15 is 0 Å². The second-order valence-corrected chi connectivity index (χ2v) is 8.19. The molecule has 0 saturated carbocycles. The van der Waals surface area contributed by atoms with Gasteiger partial charge in [-0.15, -0.1) is 0 Å². The Morgan fingerprint density at radius 3 is 2.75 bits per heavy atom. The first kappa shape index (κ1) is 17.4. The van der Waals surface area contributed by atoms with E-state index in [2.05, 4.69) is 9.97 Å². The number of aryl methyl sites for hydroxylation is 1. The van der Waals surface area contributed by atoms with Crippen LogP contribution < -0.4 is 4.74 Å². The Bertz CT molecular complexity index is 847. The Hall–Kier alpha value is -1.41. The van der Waals surface area contributed by atoms with Crippen molar-refractivity contribution in [2.24, 2.45) is 0 Å². The molecule has 0 N–H and O–H groups in total. The van der Waals surface area contributed by atoms with Gasteiger partial charge in [-0.3, -0.25) is 4.98 Å². The van der Waals surface area contributed by atoms with Crippen LogP contribution in [0.2, 0.25) is 10.0 Å². The van der Waals surface area contributed by atoms with E-state index in [-0.39, 0.29) is 22.6 Å². The second kappa shape index (κ2) is 6.84. The zero-order valence-electron chi connectivity index (χ0n) is 12.8. The third kappa shape index (κ3) is 3.49. The number of halogens is 2. The molecule has 2 heterocycles. The normalized spacial score (nSPS) is 18.7. The fraction of sp³-hybridized carbons (Fsp3) is 0.333. The first-order chi connectivity index (χ1) is 11.4. The number of aromatic nitrogens is 2. The zero-order chi connectivity index (χ0) is 17.3. The number of hydrogen-bond acceptors (Lipinski definition) is 5. The fourth-order valence-electron chi connectivity index (χ4n) is 2.50. The molecule has 0 amide bonds. The van der Waals surface area contributed by atoms with E-state index in [4.69, 9.17) is 27.9 Å². The summed E-state index contributed by atoms with van der Waals surface area (Å²) in [6.07, 6.45) is 4.86. The minimum atomic E-state index is -3.71. The quantitative estimate of drug-likeness (QED) is 0.806. The molecule has 1 fully saturated rings. The van der Waals surface area contributed by atoms with Crippen LogP contribution in [0, 0.1) is 6.92 Å². The van der Waals surface area contributed by atoms with Crippen LogP contribution in [0.1, 0.15) is 12.0 Å². The maximum Gasteiger partial charge on any atom is 0.244 e. The van der Waals surface area contributed by atoms with Gasteiger partial charge < -0.3 is 4.74 Å². The average Bonchev–Trinajstić information content (AvgIpc) is 3.01. The predicted octanol–water partition coefficient (Wildman–Crippen LogP) is 2.93. The van der Waals surface area contributed by atoms with Crippen molar-refractivity contribution in [3.8, 4) is 5.88 Å². The third-order valence-corrected chi connectivity index (χ3v) is 6.50. The molecule has 1 unspecified atom stereocenters.